The first-order chi connectivity index (χ1) is 9.97. The molecule has 3 rings (SSSR count). The van der Waals surface area contributed by atoms with E-state index in [1.54, 1.807) is 25.2 Å². The van der Waals surface area contributed by atoms with E-state index in [4.69, 9.17) is 9.52 Å². The van der Waals surface area contributed by atoms with Crippen LogP contribution >= 0.6 is 0 Å². The van der Waals surface area contributed by atoms with Crippen molar-refractivity contribution in [1.29, 1.82) is 0 Å². The van der Waals surface area contributed by atoms with E-state index in [1.165, 1.54) is 4.57 Å². The molecule has 2 atom stereocenters. The molecule has 1 fully saturated rings. The maximum absolute atomic E-state index is 12.4. The number of ketones is 1. The van der Waals surface area contributed by atoms with Gasteiger partial charge in [-0.1, -0.05) is 0 Å². The molecule has 6 nitrogen and oxygen atoms in total. The Morgan fingerprint density at radius 1 is 1.29 bits per heavy atom. The number of aliphatic carboxylic acids is 1. The molecular weight excluding hydrogens is 274 g/mol. The molecule has 1 heterocycles. The number of carboxylic acids is 1. The van der Waals surface area contributed by atoms with Gasteiger partial charge in [0.1, 0.15) is 0 Å². The quantitative estimate of drug-likeness (QED) is 0.870. The fourth-order valence-electron chi connectivity index (χ4n) is 2.97. The number of hydrogen-bond acceptors (Lipinski definition) is 4. The lowest BCUT2D eigenvalue weighted by molar-refractivity contribution is -0.141. The van der Waals surface area contributed by atoms with E-state index in [2.05, 4.69) is 0 Å². The predicted molar refractivity (Wildman–Crippen MR) is 74.3 cm³/mol. The van der Waals surface area contributed by atoms with Crippen LogP contribution in [0.15, 0.2) is 27.4 Å². The summed E-state index contributed by atoms with van der Waals surface area (Å²) in [6, 6.07) is 4.90. The number of carbonyl (C=O) groups is 2. The van der Waals surface area contributed by atoms with Crippen LogP contribution in [0.4, 0.5) is 0 Å². The van der Waals surface area contributed by atoms with Crippen LogP contribution in [-0.2, 0) is 11.8 Å². The third kappa shape index (κ3) is 2.26. The Bertz CT molecular complexity index is 785. The van der Waals surface area contributed by atoms with E-state index in [0.717, 1.165) is 0 Å². The number of aryl methyl sites for hydroxylation is 1. The zero-order chi connectivity index (χ0) is 15.1. The molecule has 1 N–H and O–H groups in total. The lowest BCUT2D eigenvalue weighted by Crippen LogP contribution is -2.14. The number of fused-ring (bicyclic) bond motifs is 1. The van der Waals surface area contributed by atoms with E-state index < -0.39 is 17.6 Å². The minimum atomic E-state index is -0.838. The molecule has 2 aromatic rings. The van der Waals surface area contributed by atoms with Crippen molar-refractivity contribution in [2.75, 3.05) is 0 Å². The Morgan fingerprint density at radius 3 is 2.67 bits per heavy atom. The van der Waals surface area contributed by atoms with Crippen molar-refractivity contribution in [3.05, 3.63) is 34.3 Å². The van der Waals surface area contributed by atoms with Crippen molar-refractivity contribution in [2.24, 2.45) is 18.9 Å². The monoisotopic (exact) mass is 289 g/mol. The van der Waals surface area contributed by atoms with Crippen molar-refractivity contribution in [2.45, 2.75) is 19.3 Å². The molecule has 21 heavy (non-hydrogen) atoms. The molecule has 0 amide bonds. The van der Waals surface area contributed by atoms with Crippen molar-refractivity contribution >= 4 is 22.9 Å². The Balaban J connectivity index is 1.88. The highest BCUT2D eigenvalue weighted by Crippen LogP contribution is 2.33. The lowest BCUT2D eigenvalue weighted by atomic mass is 9.95. The summed E-state index contributed by atoms with van der Waals surface area (Å²) < 4.78 is 6.45. The summed E-state index contributed by atoms with van der Waals surface area (Å²) in [6.07, 6.45) is 1.51. The van der Waals surface area contributed by atoms with E-state index >= 15 is 0 Å². The first-order valence-electron chi connectivity index (χ1n) is 6.84. The molecule has 6 heteroatoms. The van der Waals surface area contributed by atoms with Gasteiger partial charge in [-0.2, -0.15) is 0 Å². The molecule has 110 valence electrons. The number of nitrogens with zero attached hydrogens (tertiary/aromatic N) is 1. The van der Waals surface area contributed by atoms with Gasteiger partial charge in [-0.25, -0.2) is 4.79 Å². The number of benzene rings is 1. The van der Waals surface area contributed by atoms with E-state index in [1.807, 2.05) is 0 Å². The number of carboxylic acid groups (broad SMARTS) is 1. The Labute approximate surface area is 120 Å². The molecule has 0 aliphatic heterocycles. The highest BCUT2D eigenvalue weighted by Gasteiger charge is 2.34. The Hall–Kier alpha value is -2.37. The van der Waals surface area contributed by atoms with Gasteiger partial charge < -0.3 is 9.52 Å². The van der Waals surface area contributed by atoms with Crippen molar-refractivity contribution in [1.82, 2.24) is 4.57 Å². The third-order valence-corrected chi connectivity index (χ3v) is 4.23. The highest BCUT2D eigenvalue weighted by atomic mass is 16.4. The highest BCUT2D eigenvalue weighted by molar-refractivity contribution is 6.00. The number of Topliss-reactive ketones (excluding diaryl/α,β-unsaturated/α-hetero) is 1. The van der Waals surface area contributed by atoms with Gasteiger partial charge in [-0.3, -0.25) is 14.2 Å². The molecular formula is C15H15NO5. The second-order valence-electron chi connectivity index (χ2n) is 5.52. The largest absolute Gasteiger partial charge is 0.481 e. The predicted octanol–water partition coefficient (Wildman–Crippen LogP) is 1.82. The molecule has 1 aromatic carbocycles. The molecule has 0 saturated heterocycles. The van der Waals surface area contributed by atoms with Crippen LogP contribution in [0.25, 0.3) is 11.1 Å². The third-order valence-electron chi connectivity index (χ3n) is 4.23. The molecule has 0 spiro atoms. The summed E-state index contributed by atoms with van der Waals surface area (Å²) in [5.74, 6) is -2.08. The van der Waals surface area contributed by atoms with Gasteiger partial charge >= 0.3 is 11.7 Å². The molecule has 0 bridgehead atoms. The second kappa shape index (κ2) is 4.87. The Morgan fingerprint density at radius 2 is 2.00 bits per heavy atom. The summed E-state index contributed by atoms with van der Waals surface area (Å²) in [5.41, 5.74) is 1.47. The minimum absolute atomic E-state index is 0.0767. The number of rotatable bonds is 3. The summed E-state index contributed by atoms with van der Waals surface area (Å²) in [7, 11) is 1.60. The first-order valence-corrected chi connectivity index (χ1v) is 6.84. The molecule has 1 aliphatic rings. The topological polar surface area (TPSA) is 89.5 Å². The molecule has 1 saturated carbocycles. The van der Waals surface area contributed by atoms with Crippen LogP contribution < -0.4 is 5.76 Å². The van der Waals surface area contributed by atoms with Crippen molar-refractivity contribution < 1.29 is 19.1 Å². The van der Waals surface area contributed by atoms with Gasteiger partial charge in [0.15, 0.2) is 11.4 Å². The van der Waals surface area contributed by atoms with Crippen LogP contribution in [0.2, 0.25) is 0 Å². The smallest absolute Gasteiger partial charge is 0.419 e. The van der Waals surface area contributed by atoms with Crippen LogP contribution in [0.5, 0.6) is 0 Å². The molecule has 0 radical (unpaired) electrons. The standard InChI is InChI=1S/C15H15NO5/c1-16-11-5-4-9(7-12(11)21-15(16)20)13(17)8-2-3-10(6-8)14(18)19/h4-5,7-8,10H,2-3,6H2,1H3,(H,18,19). The van der Waals surface area contributed by atoms with Crippen LogP contribution in [0, 0.1) is 11.8 Å². The van der Waals surface area contributed by atoms with E-state index in [-0.39, 0.29) is 11.7 Å². The Kier molecular flexibility index (Phi) is 3.16. The van der Waals surface area contributed by atoms with Crippen molar-refractivity contribution in [3.8, 4) is 0 Å². The second-order valence-corrected chi connectivity index (χ2v) is 5.52. The fourth-order valence-corrected chi connectivity index (χ4v) is 2.97. The van der Waals surface area contributed by atoms with Gasteiger partial charge in [-0.05, 0) is 37.5 Å². The lowest BCUT2D eigenvalue weighted by Gasteiger charge is -2.08. The number of aromatic nitrogens is 1. The summed E-state index contributed by atoms with van der Waals surface area (Å²) in [4.78, 5) is 34.8. The zero-order valence-corrected chi connectivity index (χ0v) is 11.5. The average Bonchev–Trinajstić information content (AvgIpc) is 3.04. The van der Waals surface area contributed by atoms with Crippen molar-refractivity contribution in [3.63, 3.8) is 0 Å². The molecule has 1 aromatic heterocycles. The first kappa shape index (κ1) is 13.6. The SMILES string of the molecule is Cn1c(=O)oc2cc(C(=O)C3CCC(C(=O)O)C3)ccc21. The number of oxazole rings is 1. The van der Waals surface area contributed by atoms with Gasteiger partial charge in [0.2, 0.25) is 0 Å². The number of carbonyl (C=O) groups excluding carboxylic acids is 1. The van der Waals surface area contributed by atoms with Gasteiger partial charge in [0.05, 0.1) is 11.4 Å². The van der Waals surface area contributed by atoms with Gasteiger partial charge in [0.25, 0.3) is 0 Å². The molecule has 2 unspecified atom stereocenters. The van der Waals surface area contributed by atoms with E-state index in [0.29, 0.717) is 35.9 Å². The molecule has 1 aliphatic carbocycles. The summed E-state index contributed by atoms with van der Waals surface area (Å²) >= 11 is 0. The van der Waals surface area contributed by atoms with Crippen LogP contribution in [0.3, 0.4) is 0 Å². The fraction of sp³-hybridized carbons (Fsp3) is 0.400. The van der Waals surface area contributed by atoms with Gasteiger partial charge in [-0.15, -0.1) is 0 Å². The number of hydrogen-bond donors (Lipinski definition) is 1. The zero-order valence-electron chi connectivity index (χ0n) is 11.5. The average molecular weight is 289 g/mol. The summed E-state index contributed by atoms with van der Waals surface area (Å²) in [6.45, 7) is 0. The minimum Gasteiger partial charge on any atom is -0.481 e. The maximum atomic E-state index is 12.4. The van der Waals surface area contributed by atoms with E-state index in [9.17, 15) is 14.4 Å². The van der Waals surface area contributed by atoms with Gasteiger partial charge in [0, 0.05) is 18.5 Å². The van der Waals surface area contributed by atoms with Crippen LogP contribution in [0.1, 0.15) is 29.6 Å². The van der Waals surface area contributed by atoms with Crippen LogP contribution in [-0.4, -0.2) is 21.4 Å². The summed E-state index contributed by atoms with van der Waals surface area (Å²) in [5, 5.41) is 8.99. The maximum Gasteiger partial charge on any atom is 0.419 e. The normalized spacial score (nSPS) is 21.8.